The number of aromatic nitrogens is 2. The molecule has 0 fully saturated rings. The molecular weight excluding hydrogens is 414 g/mol. The van der Waals surface area contributed by atoms with Gasteiger partial charge >= 0.3 is 5.97 Å². The fourth-order valence-corrected chi connectivity index (χ4v) is 4.71. The lowest BCUT2D eigenvalue weighted by Gasteiger charge is -2.31. The van der Waals surface area contributed by atoms with Crippen LogP contribution in [0, 0.1) is 0 Å². The van der Waals surface area contributed by atoms with Gasteiger partial charge in [-0.2, -0.15) is 0 Å². The molecule has 9 nitrogen and oxygen atoms in total. The Bertz CT molecular complexity index is 1380. The van der Waals surface area contributed by atoms with Gasteiger partial charge in [-0.05, 0) is 24.6 Å². The third kappa shape index (κ3) is 2.49. The van der Waals surface area contributed by atoms with Crippen LogP contribution >= 0.6 is 0 Å². The Morgan fingerprint density at radius 2 is 2.06 bits per heavy atom. The van der Waals surface area contributed by atoms with Crippen molar-refractivity contribution in [1.82, 2.24) is 9.55 Å². The first-order valence-electron chi connectivity index (χ1n) is 10.6. The number of aliphatic hydroxyl groups is 1. The summed E-state index contributed by atoms with van der Waals surface area (Å²) in [6.07, 6.45) is -0.113. The molecule has 6 rings (SSSR count). The Kier molecular flexibility index (Phi) is 3.94. The maximum absolute atomic E-state index is 13.2. The molecule has 2 atom stereocenters. The summed E-state index contributed by atoms with van der Waals surface area (Å²) in [7, 11) is 0. The highest BCUT2D eigenvalue weighted by Gasteiger charge is 2.45. The van der Waals surface area contributed by atoms with Crippen molar-refractivity contribution in [3.63, 3.8) is 0 Å². The summed E-state index contributed by atoms with van der Waals surface area (Å²) in [5, 5.41) is 11.8. The third-order valence-corrected chi connectivity index (χ3v) is 6.55. The Labute approximate surface area is 182 Å². The van der Waals surface area contributed by atoms with Crippen molar-refractivity contribution in [3.05, 3.63) is 51.3 Å². The van der Waals surface area contributed by atoms with Gasteiger partial charge in [0.05, 0.1) is 29.0 Å². The second kappa shape index (κ2) is 6.54. The van der Waals surface area contributed by atoms with E-state index < -0.39 is 11.6 Å². The van der Waals surface area contributed by atoms with Crippen molar-refractivity contribution in [2.24, 2.45) is 5.73 Å². The van der Waals surface area contributed by atoms with Crippen LogP contribution in [0.15, 0.2) is 29.1 Å². The first kappa shape index (κ1) is 19.3. The Hall–Kier alpha value is -3.43. The van der Waals surface area contributed by atoms with Crippen molar-refractivity contribution in [2.45, 2.75) is 38.2 Å². The third-order valence-electron chi connectivity index (χ3n) is 6.55. The molecule has 0 saturated heterocycles. The van der Waals surface area contributed by atoms with Crippen LogP contribution in [0.25, 0.3) is 22.3 Å². The Balaban J connectivity index is 1.54. The van der Waals surface area contributed by atoms with E-state index in [1.807, 2.05) is 18.2 Å². The molecular formula is C23H21N3O6. The lowest BCUT2D eigenvalue weighted by molar-refractivity contribution is -0.172. The van der Waals surface area contributed by atoms with Gasteiger partial charge in [-0.1, -0.05) is 6.92 Å². The molecule has 0 bridgehead atoms. The van der Waals surface area contributed by atoms with Crippen molar-refractivity contribution < 1.29 is 24.1 Å². The number of nitrogens with two attached hydrogens (primary N) is 1. The highest BCUT2D eigenvalue weighted by molar-refractivity contribution is 5.88. The first-order valence-corrected chi connectivity index (χ1v) is 10.6. The van der Waals surface area contributed by atoms with E-state index in [2.05, 4.69) is 0 Å². The van der Waals surface area contributed by atoms with Gasteiger partial charge in [0.25, 0.3) is 5.56 Å². The maximum atomic E-state index is 13.2. The number of nitrogens with zero attached hydrogens (tertiary/aromatic N) is 2. The number of carbonyl (C=O) groups excluding carboxylic acids is 1. The van der Waals surface area contributed by atoms with Crippen LogP contribution in [-0.4, -0.2) is 39.9 Å². The van der Waals surface area contributed by atoms with Gasteiger partial charge in [-0.15, -0.1) is 0 Å². The molecule has 3 aliphatic heterocycles. The highest BCUT2D eigenvalue weighted by atomic mass is 16.6. The molecule has 3 aliphatic rings. The van der Waals surface area contributed by atoms with Crippen LogP contribution in [0.3, 0.4) is 0 Å². The van der Waals surface area contributed by atoms with Gasteiger partial charge in [0, 0.05) is 29.1 Å². The Morgan fingerprint density at radius 1 is 1.22 bits per heavy atom. The molecule has 9 heteroatoms. The first-order chi connectivity index (χ1) is 15.4. The summed E-state index contributed by atoms with van der Waals surface area (Å²) in [6, 6.07) is 7.37. The zero-order chi connectivity index (χ0) is 22.2. The number of cyclic esters (lactones) is 1. The molecule has 2 aromatic heterocycles. The Morgan fingerprint density at radius 3 is 2.84 bits per heavy atom. The zero-order valence-electron chi connectivity index (χ0n) is 17.4. The average Bonchev–Trinajstić information content (AvgIpc) is 3.16. The second-order valence-corrected chi connectivity index (χ2v) is 8.38. The number of fused-ring (bicyclic) bond motifs is 6. The van der Waals surface area contributed by atoms with E-state index in [-0.39, 0.29) is 24.7 Å². The number of esters is 1. The van der Waals surface area contributed by atoms with Crippen LogP contribution in [-0.2, 0) is 28.3 Å². The summed E-state index contributed by atoms with van der Waals surface area (Å²) < 4.78 is 18.4. The number of hydrogen-bond acceptors (Lipinski definition) is 8. The minimum Gasteiger partial charge on any atom is -0.486 e. The number of hydrogen-bond donors (Lipinski definition) is 2. The fraction of sp³-hybridized carbons (Fsp3) is 0.348. The molecule has 3 aromatic rings. The molecule has 1 unspecified atom stereocenters. The number of rotatable bonds is 2. The smallest absolute Gasteiger partial charge is 0.343 e. The van der Waals surface area contributed by atoms with E-state index in [0.717, 1.165) is 10.9 Å². The molecule has 0 aliphatic carbocycles. The lowest BCUT2D eigenvalue weighted by atomic mass is 9.86. The van der Waals surface area contributed by atoms with Gasteiger partial charge < -0.3 is 29.6 Å². The molecule has 1 aromatic carbocycles. The van der Waals surface area contributed by atoms with E-state index in [1.165, 1.54) is 0 Å². The maximum Gasteiger partial charge on any atom is 0.343 e. The molecule has 0 spiro atoms. The van der Waals surface area contributed by atoms with Crippen molar-refractivity contribution in [1.29, 1.82) is 0 Å². The van der Waals surface area contributed by atoms with Crippen molar-refractivity contribution in [2.75, 3.05) is 13.2 Å². The minimum absolute atomic E-state index is 0.103. The largest absolute Gasteiger partial charge is 0.486 e. The van der Waals surface area contributed by atoms with E-state index in [0.29, 0.717) is 59.2 Å². The predicted molar refractivity (Wildman–Crippen MR) is 113 cm³/mol. The fourth-order valence-electron chi connectivity index (χ4n) is 4.71. The van der Waals surface area contributed by atoms with Gasteiger partial charge in [0.2, 0.25) is 0 Å². The summed E-state index contributed by atoms with van der Waals surface area (Å²) in [5.41, 5.74) is 6.96. The van der Waals surface area contributed by atoms with Crippen LogP contribution in [0.5, 0.6) is 11.5 Å². The quantitative estimate of drug-likeness (QED) is 0.450. The number of pyridine rings is 2. The minimum atomic E-state index is -1.84. The lowest BCUT2D eigenvalue weighted by Crippen LogP contribution is -2.44. The van der Waals surface area contributed by atoms with Gasteiger partial charge in [0.15, 0.2) is 17.1 Å². The second-order valence-electron chi connectivity index (χ2n) is 8.38. The summed E-state index contributed by atoms with van der Waals surface area (Å²) in [5.74, 6) is 0.478. The molecule has 0 saturated carbocycles. The number of benzene rings is 1. The van der Waals surface area contributed by atoms with Crippen molar-refractivity contribution in [3.8, 4) is 22.9 Å². The topological polar surface area (TPSA) is 126 Å². The van der Waals surface area contributed by atoms with Gasteiger partial charge in [-0.3, -0.25) is 4.79 Å². The SMILES string of the molecule is CC[C@@]1(O)C(=O)OCc2c1cc1n(c2=O)Cc2cc3cc4c(cc3nc2-1)OC(CN)CO4. The molecule has 0 radical (unpaired) electrons. The van der Waals surface area contributed by atoms with E-state index in [9.17, 15) is 14.7 Å². The molecule has 5 heterocycles. The van der Waals surface area contributed by atoms with Crippen LogP contribution in [0.1, 0.15) is 30.0 Å². The zero-order valence-corrected chi connectivity index (χ0v) is 17.4. The summed E-state index contributed by atoms with van der Waals surface area (Å²) in [6.45, 7) is 2.62. The summed E-state index contributed by atoms with van der Waals surface area (Å²) in [4.78, 5) is 30.3. The van der Waals surface area contributed by atoms with E-state index >= 15 is 0 Å². The normalized spacial score (nSPS) is 22.8. The highest BCUT2D eigenvalue weighted by Crippen LogP contribution is 2.41. The molecule has 164 valence electrons. The van der Waals surface area contributed by atoms with Crippen LogP contribution < -0.4 is 20.8 Å². The predicted octanol–water partition coefficient (Wildman–Crippen LogP) is 1.18. The standard InChI is InChI=1S/C23H21N3O6/c1-2-23(29)15-5-17-20-12(8-26(17)21(27)14(15)10-31-22(23)28)3-11-4-18-19(6-16(11)25-20)32-13(7-24)9-30-18/h3-6,13,29H,2,7-10,24H2,1H3/t13?,23-/m0/s1. The molecule has 32 heavy (non-hydrogen) atoms. The van der Waals surface area contributed by atoms with Crippen LogP contribution in [0.4, 0.5) is 0 Å². The van der Waals surface area contributed by atoms with Gasteiger partial charge in [-0.25, -0.2) is 9.78 Å². The summed E-state index contributed by atoms with van der Waals surface area (Å²) >= 11 is 0. The average molecular weight is 435 g/mol. The van der Waals surface area contributed by atoms with E-state index in [4.69, 9.17) is 24.9 Å². The van der Waals surface area contributed by atoms with Crippen molar-refractivity contribution >= 4 is 16.9 Å². The molecule has 0 amide bonds. The van der Waals surface area contributed by atoms with Crippen LogP contribution in [0.2, 0.25) is 0 Å². The molecule has 3 N–H and O–H groups in total. The van der Waals surface area contributed by atoms with Gasteiger partial charge in [0.1, 0.15) is 19.3 Å². The van der Waals surface area contributed by atoms with E-state index in [1.54, 1.807) is 17.6 Å². The number of ether oxygens (including phenoxy) is 3. The monoisotopic (exact) mass is 435 g/mol. The number of carbonyl (C=O) groups is 1.